The molecule has 0 aliphatic heterocycles. The molecule has 114 valence electrons. The molecule has 0 spiro atoms. The molecule has 0 fully saturated rings. The Kier molecular flexibility index (Phi) is 5.88. The van der Waals surface area contributed by atoms with E-state index in [0.29, 0.717) is 12.1 Å². The number of rotatable bonds is 7. The summed E-state index contributed by atoms with van der Waals surface area (Å²) in [5, 5.41) is 17.6. The van der Waals surface area contributed by atoms with Crippen LogP contribution in [0.2, 0.25) is 0 Å². The first-order valence-corrected chi connectivity index (χ1v) is 8.10. The summed E-state index contributed by atoms with van der Waals surface area (Å²) in [5.41, 5.74) is 0.629. The molecule has 6 nitrogen and oxygen atoms in total. The SMILES string of the molecule is CCN(CC(C)C#N)S(=O)(=O)Cc1ccc(C(=O)O)cc1. The second-order valence-electron chi connectivity index (χ2n) is 4.74. The Bertz CT molecular complexity index is 632. The van der Waals surface area contributed by atoms with Crippen LogP contribution in [0.3, 0.4) is 0 Å². The highest BCUT2D eigenvalue weighted by Gasteiger charge is 2.22. The minimum absolute atomic E-state index is 0.113. The van der Waals surface area contributed by atoms with Gasteiger partial charge in [0.25, 0.3) is 0 Å². The Morgan fingerprint density at radius 3 is 2.38 bits per heavy atom. The summed E-state index contributed by atoms with van der Waals surface area (Å²) in [4.78, 5) is 10.7. The number of hydrogen-bond donors (Lipinski definition) is 1. The third-order valence-corrected chi connectivity index (χ3v) is 4.89. The Morgan fingerprint density at radius 1 is 1.38 bits per heavy atom. The number of carbonyl (C=O) groups is 1. The van der Waals surface area contributed by atoms with Crippen molar-refractivity contribution in [3.63, 3.8) is 0 Å². The summed E-state index contributed by atoms with van der Waals surface area (Å²) in [7, 11) is -3.53. The van der Waals surface area contributed by atoms with E-state index in [1.807, 2.05) is 6.07 Å². The molecule has 1 aromatic rings. The van der Waals surface area contributed by atoms with E-state index >= 15 is 0 Å². The Labute approximate surface area is 124 Å². The molecule has 1 N–H and O–H groups in total. The quantitative estimate of drug-likeness (QED) is 0.826. The standard InChI is InChI=1S/C14H18N2O4S/c1-3-16(9-11(2)8-15)21(19,20)10-12-4-6-13(7-5-12)14(17)18/h4-7,11H,3,9-10H2,1-2H3,(H,17,18). The summed E-state index contributed by atoms with van der Waals surface area (Å²) in [6.07, 6.45) is 0. The normalized spacial score (nSPS) is 12.9. The minimum Gasteiger partial charge on any atom is -0.478 e. The van der Waals surface area contributed by atoms with Crippen LogP contribution < -0.4 is 0 Å². The van der Waals surface area contributed by atoms with Crippen molar-refractivity contribution in [2.45, 2.75) is 19.6 Å². The lowest BCUT2D eigenvalue weighted by Gasteiger charge is -2.21. The largest absolute Gasteiger partial charge is 0.478 e. The van der Waals surface area contributed by atoms with Crippen molar-refractivity contribution >= 4 is 16.0 Å². The van der Waals surface area contributed by atoms with Gasteiger partial charge < -0.3 is 5.11 Å². The average molecular weight is 310 g/mol. The van der Waals surface area contributed by atoms with E-state index in [2.05, 4.69) is 0 Å². The number of sulfonamides is 1. The highest BCUT2D eigenvalue weighted by Crippen LogP contribution is 2.13. The zero-order valence-corrected chi connectivity index (χ0v) is 12.8. The number of nitrogens with zero attached hydrogens (tertiary/aromatic N) is 2. The van der Waals surface area contributed by atoms with Crippen LogP contribution in [0.4, 0.5) is 0 Å². The molecule has 1 atom stereocenters. The van der Waals surface area contributed by atoms with Gasteiger partial charge in [-0.05, 0) is 24.6 Å². The van der Waals surface area contributed by atoms with Gasteiger partial charge in [0.1, 0.15) is 0 Å². The highest BCUT2D eigenvalue weighted by molar-refractivity contribution is 7.88. The summed E-state index contributed by atoms with van der Waals surface area (Å²) in [5.74, 6) is -1.64. The second-order valence-corrected chi connectivity index (χ2v) is 6.71. The molecule has 21 heavy (non-hydrogen) atoms. The zero-order chi connectivity index (χ0) is 16.0. The summed E-state index contributed by atoms with van der Waals surface area (Å²) < 4.78 is 25.9. The van der Waals surface area contributed by atoms with Crippen molar-refractivity contribution in [3.05, 3.63) is 35.4 Å². The molecule has 0 aromatic heterocycles. The van der Waals surface area contributed by atoms with Gasteiger partial charge in [-0.1, -0.05) is 19.1 Å². The smallest absolute Gasteiger partial charge is 0.335 e. The molecular weight excluding hydrogens is 292 g/mol. The van der Waals surface area contributed by atoms with Crippen LogP contribution in [0, 0.1) is 17.2 Å². The van der Waals surface area contributed by atoms with Crippen molar-refractivity contribution in [1.29, 1.82) is 5.26 Å². The van der Waals surface area contributed by atoms with Gasteiger partial charge in [0.15, 0.2) is 0 Å². The van der Waals surface area contributed by atoms with E-state index in [9.17, 15) is 13.2 Å². The number of nitriles is 1. The average Bonchev–Trinajstić information content (AvgIpc) is 2.44. The van der Waals surface area contributed by atoms with Crippen LogP contribution in [0.25, 0.3) is 0 Å². The van der Waals surface area contributed by atoms with Gasteiger partial charge >= 0.3 is 5.97 Å². The fourth-order valence-electron chi connectivity index (χ4n) is 1.83. The first-order chi connectivity index (χ1) is 9.80. The number of hydrogen-bond acceptors (Lipinski definition) is 4. The van der Waals surface area contributed by atoms with Gasteiger partial charge in [-0.25, -0.2) is 17.5 Å². The molecule has 0 aliphatic carbocycles. The number of carboxylic acids is 1. The predicted octanol–water partition coefficient (Wildman–Crippen LogP) is 1.70. The molecule has 1 aromatic carbocycles. The molecule has 7 heteroatoms. The van der Waals surface area contributed by atoms with Gasteiger partial charge in [-0.2, -0.15) is 5.26 Å². The molecule has 0 saturated carbocycles. The Balaban J connectivity index is 2.88. The second kappa shape index (κ2) is 7.20. The first-order valence-electron chi connectivity index (χ1n) is 6.49. The fourth-order valence-corrected chi connectivity index (χ4v) is 3.47. The van der Waals surface area contributed by atoms with Crippen molar-refractivity contribution in [2.24, 2.45) is 5.92 Å². The van der Waals surface area contributed by atoms with E-state index in [-0.39, 0.29) is 23.8 Å². The number of carboxylic acid groups (broad SMARTS) is 1. The zero-order valence-electron chi connectivity index (χ0n) is 12.0. The van der Waals surface area contributed by atoms with Crippen molar-refractivity contribution in [2.75, 3.05) is 13.1 Å². The number of aromatic carboxylic acids is 1. The maximum Gasteiger partial charge on any atom is 0.335 e. The van der Waals surface area contributed by atoms with E-state index < -0.39 is 16.0 Å². The van der Waals surface area contributed by atoms with Crippen LogP contribution in [0.5, 0.6) is 0 Å². The summed E-state index contributed by atoms with van der Waals surface area (Å²) in [6, 6.07) is 7.74. The minimum atomic E-state index is -3.53. The van der Waals surface area contributed by atoms with Crippen molar-refractivity contribution in [3.8, 4) is 6.07 Å². The molecule has 1 unspecified atom stereocenters. The molecule has 0 aliphatic rings. The van der Waals surface area contributed by atoms with Crippen molar-refractivity contribution < 1.29 is 18.3 Å². The van der Waals surface area contributed by atoms with Gasteiger partial charge in [0.2, 0.25) is 10.0 Å². The lowest BCUT2D eigenvalue weighted by molar-refractivity contribution is 0.0697. The Hall–Kier alpha value is -1.91. The van der Waals surface area contributed by atoms with E-state index in [1.54, 1.807) is 13.8 Å². The lowest BCUT2D eigenvalue weighted by Crippen LogP contribution is -2.35. The summed E-state index contributed by atoms with van der Waals surface area (Å²) >= 11 is 0. The third kappa shape index (κ3) is 4.85. The first kappa shape index (κ1) is 17.1. The van der Waals surface area contributed by atoms with Crippen LogP contribution in [0.15, 0.2) is 24.3 Å². The molecule has 0 radical (unpaired) electrons. The fraction of sp³-hybridized carbons (Fsp3) is 0.429. The van der Waals surface area contributed by atoms with Gasteiger partial charge in [-0.3, -0.25) is 0 Å². The van der Waals surface area contributed by atoms with E-state index in [0.717, 1.165) is 0 Å². The molecule has 0 amide bonds. The highest BCUT2D eigenvalue weighted by atomic mass is 32.2. The third-order valence-electron chi connectivity index (χ3n) is 2.99. The maximum absolute atomic E-state index is 12.3. The number of benzene rings is 1. The van der Waals surface area contributed by atoms with Gasteiger partial charge in [0, 0.05) is 13.1 Å². The van der Waals surface area contributed by atoms with Crippen LogP contribution in [-0.4, -0.2) is 36.9 Å². The molecule has 0 heterocycles. The van der Waals surface area contributed by atoms with Gasteiger partial charge in [0.05, 0.1) is 23.3 Å². The van der Waals surface area contributed by atoms with Gasteiger partial charge in [-0.15, -0.1) is 0 Å². The van der Waals surface area contributed by atoms with Crippen molar-refractivity contribution in [1.82, 2.24) is 4.31 Å². The maximum atomic E-state index is 12.3. The molecular formula is C14H18N2O4S. The Morgan fingerprint density at radius 2 is 1.95 bits per heavy atom. The molecule has 1 rings (SSSR count). The molecule has 0 saturated heterocycles. The monoisotopic (exact) mass is 310 g/mol. The topological polar surface area (TPSA) is 98.5 Å². The van der Waals surface area contributed by atoms with E-state index in [4.69, 9.17) is 10.4 Å². The predicted molar refractivity (Wildman–Crippen MR) is 78.0 cm³/mol. The van der Waals surface area contributed by atoms with Crippen LogP contribution in [0.1, 0.15) is 29.8 Å². The van der Waals surface area contributed by atoms with E-state index in [1.165, 1.54) is 28.6 Å². The van der Waals surface area contributed by atoms with Crippen LogP contribution in [-0.2, 0) is 15.8 Å². The van der Waals surface area contributed by atoms with Crippen LogP contribution >= 0.6 is 0 Å². The summed E-state index contributed by atoms with van der Waals surface area (Å²) in [6.45, 7) is 3.83. The molecule has 0 bridgehead atoms. The lowest BCUT2D eigenvalue weighted by atomic mass is 10.1.